The van der Waals surface area contributed by atoms with E-state index in [9.17, 15) is 8.42 Å². The van der Waals surface area contributed by atoms with Gasteiger partial charge in [0.1, 0.15) is 5.65 Å². The number of benzene rings is 1. The lowest BCUT2D eigenvalue weighted by Gasteiger charge is -2.07. The number of unbranched alkanes of at least 4 members (excludes halogenated alkanes) is 1. The van der Waals surface area contributed by atoms with Gasteiger partial charge in [0.05, 0.1) is 21.6 Å². The van der Waals surface area contributed by atoms with Crippen LogP contribution in [0.5, 0.6) is 0 Å². The Kier molecular flexibility index (Phi) is 5.13. The summed E-state index contributed by atoms with van der Waals surface area (Å²) in [5.74, 6) is 0.680. The molecule has 4 rings (SSSR count). The Morgan fingerprint density at radius 1 is 1.18 bits per heavy atom. The maximum absolute atomic E-state index is 11.7. The highest BCUT2D eigenvalue weighted by Gasteiger charge is 2.15. The van der Waals surface area contributed by atoms with Gasteiger partial charge in [0.2, 0.25) is 10.0 Å². The molecule has 0 saturated heterocycles. The van der Waals surface area contributed by atoms with Crippen molar-refractivity contribution >= 4 is 38.5 Å². The number of pyridine rings is 1. The molecule has 4 aromatic rings. The molecule has 0 aliphatic carbocycles. The number of primary sulfonamides is 1. The van der Waals surface area contributed by atoms with Gasteiger partial charge in [-0.1, -0.05) is 31.2 Å². The van der Waals surface area contributed by atoms with Gasteiger partial charge in [-0.2, -0.15) is 0 Å². The first-order valence-electron chi connectivity index (χ1n) is 9.04. The van der Waals surface area contributed by atoms with Gasteiger partial charge >= 0.3 is 0 Å². The molecule has 3 aromatic heterocycles. The van der Waals surface area contributed by atoms with Crippen LogP contribution in [-0.4, -0.2) is 27.4 Å². The lowest BCUT2D eigenvalue weighted by molar-refractivity contribution is 0.597. The molecule has 0 amide bonds. The Balaban J connectivity index is 1.67. The second kappa shape index (κ2) is 7.57. The molecule has 0 spiro atoms. The molecule has 1 aromatic carbocycles. The van der Waals surface area contributed by atoms with Gasteiger partial charge in [0, 0.05) is 24.7 Å². The third kappa shape index (κ3) is 3.78. The van der Waals surface area contributed by atoms with Crippen molar-refractivity contribution in [1.82, 2.24) is 18.9 Å². The molecular weight excluding hydrogens is 394 g/mol. The van der Waals surface area contributed by atoms with Gasteiger partial charge in [-0.15, -0.1) is 0 Å². The monoisotopic (exact) mass is 415 g/mol. The van der Waals surface area contributed by atoms with E-state index in [1.165, 1.54) is 0 Å². The van der Waals surface area contributed by atoms with E-state index in [1.54, 1.807) is 30.0 Å². The molecule has 0 unspecified atom stereocenters. The quantitative estimate of drug-likeness (QED) is 0.467. The topological polar surface area (TPSA) is 95.3 Å². The average Bonchev–Trinajstić information content (AvgIpc) is 3.23. The molecule has 0 aliphatic heterocycles. The Labute approximate surface area is 167 Å². The number of aromatic nitrogens is 4. The minimum atomic E-state index is -3.75. The molecule has 0 aliphatic rings. The van der Waals surface area contributed by atoms with Crippen molar-refractivity contribution in [2.45, 2.75) is 42.1 Å². The highest BCUT2D eigenvalue weighted by atomic mass is 32.2. The van der Waals surface area contributed by atoms with E-state index in [0.29, 0.717) is 11.3 Å². The Morgan fingerprint density at radius 3 is 2.79 bits per heavy atom. The number of nitrogens with zero attached hydrogens (tertiary/aromatic N) is 4. The van der Waals surface area contributed by atoms with Crippen LogP contribution in [0.25, 0.3) is 16.7 Å². The van der Waals surface area contributed by atoms with Gasteiger partial charge in [-0.3, -0.25) is 0 Å². The number of imidazole rings is 2. The molecule has 146 valence electrons. The number of hydrogen-bond acceptors (Lipinski definition) is 5. The van der Waals surface area contributed by atoms with Gasteiger partial charge in [-0.05, 0) is 36.8 Å². The molecule has 28 heavy (non-hydrogen) atoms. The fraction of sp³-hybridized carbons (Fsp3) is 0.263. The average molecular weight is 416 g/mol. The molecule has 2 N–H and O–H groups in total. The van der Waals surface area contributed by atoms with Crippen LogP contribution < -0.4 is 5.14 Å². The van der Waals surface area contributed by atoms with Crippen LogP contribution in [0.4, 0.5) is 0 Å². The van der Waals surface area contributed by atoms with Crippen molar-refractivity contribution in [2.75, 3.05) is 0 Å². The number of sulfonamides is 1. The SMILES string of the molecule is CCCCn1c(SCc2cn3ccccc3n2)nc2cc(S(N)(=O)=O)ccc21. The minimum absolute atomic E-state index is 0.0806. The first-order valence-corrected chi connectivity index (χ1v) is 11.6. The zero-order chi connectivity index (χ0) is 19.7. The fourth-order valence-corrected chi connectivity index (χ4v) is 4.56. The van der Waals surface area contributed by atoms with Crippen LogP contribution in [0.1, 0.15) is 25.5 Å². The van der Waals surface area contributed by atoms with Crippen molar-refractivity contribution < 1.29 is 8.42 Å². The van der Waals surface area contributed by atoms with Gasteiger partial charge in [0.25, 0.3) is 0 Å². The summed E-state index contributed by atoms with van der Waals surface area (Å²) >= 11 is 1.60. The van der Waals surface area contributed by atoms with Crippen molar-refractivity contribution in [3.8, 4) is 0 Å². The summed E-state index contributed by atoms with van der Waals surface area (Å²) in [4.78, 5) is 9.39. The van der Waals surface area contributed by atoms with Gasteiger partial charge in [0.15, 0.2) is 5.16 Å². The van der Waals surface area contributed by atoms with E-state index < -0.39 is 10.0 Å². The maximum Gasteiger partial charge on any atom is 0.238 e. The van der Waals surface area contributed by atoms with E-state index in [4.69, 9.17) is 5.14 Å². The van der Waals surface area contributed by atoms with E-state index in [1.807, 2.05) is 35.0 Å². The highest BCUT2D eigenvalue weighted by Crippen LogP contribution is 2.28. The van der Waals surface area contributed by atoms with E-state index in [0.717, 1.165) is 41.4 Å². The van der Waals surface area contributed by atoms with Crippen molar-refractivity contribution in [3.05, 3.63) is 54.5 Å². The number of aryl methyl sites for hydroxylation is 1. The van der Waals surface area contributed by atoms with Crippen molar-refractivity contribution in [1.29, 1.82) is 0 Å². The predicted molar refractivity (Wildman–Crippen MR) is 111 cm³/mol. The summed E-state index contributed by atoms with van der Waals surface area (Å²) in [6.07, 6.45) is 6.07. The van der Waals surface area contributed by atoms with E-state index in [-0.39, 0.29) is 4.90 Å². The lowest BCUT2D eigenvalue weighted by Crippen LogP contribution is -2.11. The van der Waals surface area contributed by atoms with Crippen LogP contribution in [0.3, 0.4) is 0 Å². The molecule has 3 heterocycles. The summed E-state index contributed by atoms with van der Waals surface area (Å²) in [6.45, 7) is 2.97. The minimum Gasteiger partial charge on any atom is -0.319 e. The lowest BCUT2D eigenvalue weighted by atomic mass is 10.3. The molecule has 0 fully saturated rings. The fourth-order valence-electron chi connectivity index (χ4n) is 3.10. The van der Waals surface area contributed by atoms with Crippen LogP contribution >= 0.6 is 11.8 Å². The number of hydrogen-bond donors (Lipinski definition) is 1. The smallest absolute Gasteiger partial charge is 0.238 e. The van der Waals surface area contributed by atoms with E-state index in [2.05, 4.69) is 21.5 Å². The normalized spacial score (nSPS) is 12.2. The summed E-state index contributed by atoms with van der Waals surface area (Å²) in [5, 5.41) is 6.12. The number of rotatable bonds is 7. The summed E-state index contributed by atoms with van der Waals surface area (Å²) in [5.41, 5.74) is 3.43. The van der Waals surface area contributed by atoms with Crippen molar-refractivity contribution in [3.63, 3.8) is 0 Å². The number of fused-ring (bicyclic) bond motifs is 2. The maximum atomic E-state index is 11.7. The molecule has 9 heteroatoms. The number of thioether (sulfide) groups is 1. The first-order chi connectivity index (χ1) is 13.5. The van der Waals surface area contributed by atoms with Gasteiger partial charge < -0.3 is 8.97 Å². The van der Waals surface area contributed by atoms with Gasteiger partial charge in [-0.25, -0.2) is 23.5 Å². The second-order valence-corrected chi connectivity index (χ2v) is 9.09. The first kappa shape index (κ1) is 19.0. The summed E-state index contributed by atoms with van der Waals surface area (Å²) in [7, 11) is -3.75. The van der Waals surface area contributed by atoms with Crippen LogP contribution in [0, 0.1) is 0 Å². The van der Waals surface area contributed by atoms with Crippen LogP contribution in [-0.2, 0) is 22.3 Å². The molecule has 0 radical (unpaired) electrons. The number of nitrogens with two attached hydrogens (primary N) is 1. The molecule has 0 bridgehead atoms. The predicted octanol–water partition coefficient (Wildman–Crippen LogP) is 3.42. The standard InChI is InChI=1S/C19H21N5O2S2/c1-2-3-10-24-17-8-7-15(28(20,25)26)11-16(17)22-19(24)27-13-14-12-23-9-5-4-6-18(23)21-14/h4-9,11-12H,2-3,10,13H2,1H3,(H2,20,25,26). The third-order valence-electron chi connectivity index (χ3n) is 4.51. The molecule has 7 nitrogen and oxygen atoms in total. The Morgan fingerprint density at radius 2 is 2.04 bits per heavy atom. The van der Waals surface area contributed by atoms with Crippen LogP contribution in [0.2, 0.25) is 0 Å². The highest BCUT2D eigenvalue weighted by molar-refractivity contribution is 7.98. The molecule has 0 atom stereocenters. The summed E-state index contributed by atoms with van der Waals surface area (Å²) < 4.78 is 27.5. The zero-order valence-corrected chi connectivity index (χ0v) is 17.1. The second-order valence-electron chi connectivity index (χ2n) is 6.58. The largest absolute Gasteiger partial charge is 0.319 e. The Hall–Kier alpha value is -2.36. The van der Waals surface area contributed by atoms with E-state index >= 15 is 0 Å². The zero-order valence-electron chi connectivity index (χ0n) is 15.4. The van der Waals surface area contributed by atoms with Crippen LogP contribution in [0.15, 0.2) is 58.8 Å². The van der Waals surface area contributed by atoms with Crippen molar-refractivity contribution in [2.24, 2.45) is 5.14 Å². The molecule has 0 saturated carbocycles. The molecular formula is C19H21N5O2S2. The third-order valence-corrected chi connectivity index (χ3v) is 6.43. The Bertz CT molecular complexity index is 1210. The summed E-state index contributed by atoms with van der Waals surface area (Å²) in [6, 6.07) is 10.8.